The Kier molecular flexibility index (Phi) is 7.14. The molecule has 0 bridgehead atoms. The lowest BCUT2D eigenvalue weighted by Crippen LogP contribution is -2.52. The number of benzene rings is 2. The van der Waals surface area contributed by atoms with E-state index in [1.807, 2.05) is 19.2 Å². The van der Waals surface area contributed by atoms with E-state index >= 15 is 0 Å². The molecule has 11 heteroatoms. The van der Waals surface area contributed by atoms with Crippen molar-refractivity contribution in [3.63, 3.8) is 0 Å². The van der Waals surface area contributed by atoms with E-state index in [2.05, 4.69) is 20.9 Å². The summed E-state index contributed by atoms with van der Waals surface area (Å²) in [6.45, 7) is 2.27. The van der Waals surface area contributed by atoms with Gasteiger partial charge in [0.1, 0.15) is 6.04 Å². The van der Waals surface area contributed by atoms with E-state index < -0.39 is 24.0 Å². The zero-order valence-electron chi connectivity index (χ0n) is 20.3. The molecule has 0 aliphatic carbocycles. The Morgan fingerprint density at radius 2 is 1.95 bits per heavy atom. The third-order valence-corrected chi connectivity index (χ3v) is 7.22. The van der Waals surface area contributed by atoms with Crippen LogP contribution in [0.5, 0.6) is 0 Å². The predicted molar refractivity (Wildman–Crippen MR) is 136 cm³/mol. The number of piperidine rings is 1. The molecule has 3 aliphatic rings. The van der Waals surface area contributed by atoms with Crippen LogP contribution in [0.3, 0.4) is 0 Å². The van der Waals surface area contributed by atoms with Crippen LogP contribution in [0.15, 0.2) is 42.5 Å². The van der Waals surface area contributed by atoms with Crippen molar-refractivity contribution in [3.05, 3.63) is 64.2 Å². The highest BCUT2D eigenvalue weighted by Gasteiger charge is 2.39. The summed E-state index contributed by atoms with van der Waals surface area (Å²) < 4.78 is 5.99. The predicted octanol–water partition coefficient (Wildman–Crippen LogP) is 2.29. The number of nitrogens with zero attached hydrogens (tertiary/aromatic N) is 2. The molecule has 3 unspecified atom stereocenters. The number of hydrogen-bond acceptors (Lipinski definition) is 6. The summed E-state index contributed by atoms with van der Waals surface area (Å²) in [5.41, 5.74) is 2.58. The molecule has 0 saturated carbocycles. The fraction of sp³-hybridized carbons (Fsp3) is 0.385. The van der Waals surface area contributed by atoms with Crippen molar-refractivity contribution in [2.75, 3.05) is 32.1 Å². The summed E-state index contributed by atoms with van der Waals surface area (Å²) in [5, 5.41) is 8.79. The van der Waals surface area contributed by atoms with E-state index in [1.54, 1.807) is 30.3 Å². The average Bonchev–Trinajstić information content (AvgIpc) is 3.18. The molecule has 3 aliphatic heterocycles. The van der Waals surface area contributed by atoms with Gasteiger partial charge in [-0.05, 0) is 54.9 Å². The normalized spacial score (nSPS) is 22.9. The number of rotatable bonds is 5. The first kappa shape index (κ1) is 25.2. The minimum absolute atomic E-state index is 0.193. The zero-order chi connectivity index (χ0) is 26.1. The van der Waals surface area contributed by atoms with Gasteiger partial charge in [-0.25, -0.2) is 4.79 Å². The van der Waals surface area contributed by atoms with Gasteiger partial charge in [0.05, 0.1) is 18.8 Å². The Morgan fingerprint density at radius 3 is 2.68 bits per heavy atom. The average molecular weight is 526 g/mol. The lowest BCUT2D eigenvalue weighted by atomic mass is 10.00. The molecule has 10 nitrogen and oxygen atoms in total. The van der Waals surface area contributed by atoms with E-state index in [0.29, 0.717) is 41.4 Å². The molecule has 37 heavy (non-hydrogen) atoms. The van der Waals surface area contributed by atoms with Gasteiger partial charge in [0.25, 0.3) is 5.91 Å². The van der Waals surface area contributed by atoms with Crippen LogP contribution in [-0.4, -0.2) is 72.4 Å². The largest absolute Gasteiger partial charge is 0.373 e. The first-order valence-corrected chi connectivity index (χ1v) is 12.6. The quantitative estimate of drug-likeness (QED) is 0.515. The zero-order valence-corrected chi connectivity index (χ0v) is 21.1. The molecule has 3 N–H and O–H groups in total. The summed E-state index contributed by atoms with van der Waals surface area (Å²) >= 11 is 6.07. The van der Waals surface area contributed by atoms with Crippen molar-refractivity contribution in [2.45, 2.75) is 37.6 Å². The van der Waals surface area contributed by atoms with Crippen molar-refractivity contribution in [1.82, 2.24) is 20.4 Å². The molecule has 2 aromatic rings. The molecule has 0 radical (unpaired) electrons. The van der Waals surface area contributed by atoms with Gasteiger partial charge >= 0.3 is 6.03 Å². The van der Waals surface area contributed by atoms with Gasteiger partial charge in [0.15, 0.2) is 0 Å². The van der Waals surface area contributed by atoms with Crippen LogP contribution in [-0.2, 0) is 20.9 Å². The first-order chi connectivity index (χ1) is 17.8. The standard InChI is InChI=1S/C26H28ClN5O5/c1-31-10-11-37-21(14-31)23(15-2-4-17(27)5-3-15)30-26(36)28-18-6-7-19-16(12-18)13-32(25(19)35)20-8-9-22(33)29-24(20)34/h2-7,12,20-21,23H,8-11,13-14H2,1H3,(H2,28,30,36)(H,29,33,34). The van der Waals surface area contributed by atoms with Crippen LogP contribution in [0.1, 0.15) is 40.4 Å². The molecule has 3 atom stereocenters. The number of nitrogens with one attached hydrogen (secondary N) is 3. The number of imide groups is 1. The molecule has 194 valence electrons. The van der Waals surface area contributed by atoms with Gasteiger partial charge in [0.2, 0.25) is 11.8 Å². The molecule has 0 aromatic heterocycles. The number of anilines is 1. The topological polar surface area (TPSA) is 120 Å². The lowest BCUT2D eigenvalue weighted by molar-refractivity contribution is -0.136. The molecule has 5 rings (SSSR count). The SMILES string of the molecule is CN1CCOC(C(NC(=O)Nc2ccc3c(c2)CN(C2CCC(=O)NC2=O)C3=O)c2ccc(Cl)cc2)C1. The minimum atomic E-state index is -0.689. The van der Waals surface area contributed by atoms with Gasteiger partial charge in [0, 0.05) is 42.3 Å². The highest BCUT2D eigenvalue weighted by molar-refractivity contribution is 6.30. The second kappa shape index (κ2) is 10.5. The van der Waals surface area contributed by atoms with Gasteiger partial charge in [-0.15, -0.1) is 0 Å². The maximum absolute atomic E-state index is 13.1. The van der Waals surface area contributed by atoms with Crippen molar-refractivity contribution in [1.29, 1.82) is 0 Å². The number of halogens is 1. The van der Waals surface area contributed by atoms with Gasteiger partial charge in [-0.3, -0.25) is 19.7 Å². The van der Waals surface area contributed by atoms with E-state index in [0.717, 1.165) is 12.1 Å². The molecule has 2 fully saturated rings. The van der Waals surface area contributed by atoms with Crippen molar-refractivity contribution in [2.24, 2.45) is 0 Å². The Balaban J connectivity index is 1.28. The number of amides is 5. The van der Waals surface area contributed by atoms with E-state index in [-0.39, 0.29) is 30.9 Å². The fourth-order valence-electron chi connectivity index (χ4n) is 5.03. The summed E-state index contributed by atoms with van der Waals surface area (Å²) in [6, 6.07) is 10.8. The van der Waals surface area contributed by atoms with Crippen LogP contribution in [0.25, 0.3) is 0 Å². The Hall–Kier alpha value is -3.47. The van der Waals surface area contributed by atoms with Crippen LogP contribution >= 0.6 is 11.6 Å². The van der Waals surface area contributed by atoms with Crippen LogP contribution in [0.2, 0.25) is 5.02 Å². The number of morpholine rings is 1. The van der Waals surface area contributed by atoms with Gasteiger partial charge in [-0.2, -0.15) is 0 Å². The number of hydrogen-bond donors (Lipinski definition) is 3. The highest BCUT2D eigenvalue weighted by Crippen LogP contribution is 2.30. The third-order valence-electron chi connectivity index (χ3n) is 6.97. The smallest absolute Gasteiger partial charge is 0.319 e. The number of likely N-dealkylation sites (N-methyl/N-ethyl adjacent to an activating group) is 1. The molecule has 3 heterocycles. The number of ether oxygens (including phenoxy) is 1. The van der Waals surface area contributed by atoms with E-state index in [4.69, 9.17) is 16.3 Å². The molecule has 2 saturated heterocycles. The summed E-state index contributed by atoms with van der Waals surface area (Å²) in [5.74, 6) is -1.05. The number of fused-ring (bicyclic) bond motifs is 1. The maximum Gasteiger partial charge on any atom is 0.319 e. The Morgan fingerprint density at radius 1 is 1.16 bits per heavy atom. The Bertz CT molecular complexity index is 1240. The first-order valence-electron chi connectivity index (χ1n) is 12.2. The Labute approximate surface area is 219 Å². The maximum atomic E-state index is 13.1. The monoisotopic (exact) mass is 525 g/mol. The summed E-state index contributed by atoms with van der Waals surface area (Å²) in [4.78, 5) is 53.4. The molecular formula is C26H28ClN5O5. The second-order valence-corrected chi connectivity index (χ2v) is 10.0. The van der Waals surface area contributed by atoms with Gasteiger partial charge < -0.3 is 25.2 Å². The second-order valence-electron chi connectivity index (χ2n) is 9.57. The third kappa shape index (κ3) is 5.46. The number of carbonyl (C=O) groups excluding carboxylic acids is 4. The summed E-state index contributed by atoms with van der Waals surface area (Å²) in [6.07, 6.45) is 0.242. The molecular weight excluding hydrogens is 498 g/mol. The van der Waals surface area contributed by atoms with Crippen molar-refractivity contribution < 1.29 is 23.9 Å². The minimum Gasteiger partial charge on any atom is -0.373 e. The van der Waals surface area contributed by atoms with E-state index in [1.165, 1.54) is 4.90 Å². The summed E-state index contributed by atoms with van der Waals surface area (Å²) in [7, 11) is 2.01. The van der Waals surface area contributed by atoms with Crippen LogP contribution < -0.4 is 16.0 Å². The molecule has 5 amide bonds. The number of urea groups is 1. The molecule has 2 aromatic carbocycles. The van der Waals surface area contributed by atoms with Crippen molar-refractivity contribution in [3.8, 4) is 0 Å². The van der Waals surface area contributed by atoms with Crippen LogP contribution in [0.4, 0.5) is 10.5 Å². The van der Waals surface area contributed by atoms with E-state index in [9.17, 15) is 19.2 Å². The fourth-order valence-corrected chi connectivity index (χ4v) is 5.16. The number of carbonyl (C=O) groups is 4. The lowest BCUT2D eigenvalue weighted by Gasteiger charge is -2.35. The van der Waals surface area contributed by atoms with Gasteiger partial charge in [-0.1, -0.05) is 23.7 Å². The van der Waals surface area contributed by atoms with Crippen LogP contribution in [0, 0.1) is 0 Å². The highest BCUT2D eigenvalue weighted by atomic mass is 35.5. The van der Waals surface area contributed by atoms with Crippen molar-refractivity contribution >= 4 is 41.0 Å². The molecule has 0 spiro atoms.